The lowest BCUT2D eigenvalue weighted by atomic mass is 10.1. The first-order valence-corrected chi connectivity index (χ1v) is 10.2. The smallest absolute Gasteiger partial charge is 0.255 e. The van der Waals surface area contributed by atoms with Gasteiger partial charge in [-0.3, -0.25) is 4.79 Å². The average Bonchev–Trinajstić information content (AvgIpc) is 2.59. The van der Waals surface area contributed by atoms with Gasteiger partial charge in [-0.05, 0) is 49.2 Å². The molecule has 2 aromatic rings. The molecule has 0 atom stereocenters. The van der Waals surface area contributed by atoms with Crippen LogP contribution < -0.4 is 5.32 Å². The molecule has 0 bridgehead atoms. The van der Waals surface area contributed by atoms with Crippen LogP contribution in [0.4, 0.5) is 5.69 Å². The summed E-state index contributed by atoms with van der Waals surface area (Å²) in [5.41, 5.74) is 2.87. The Bertz CT molecular complexity index is 922. The van der Waals surface area contributed by atoms with Gasteiger partial charge >= 0.3 is 0 Å². The van der Waals surface area contributed by atoms with E-state index in [4.69, 9.17) is 11.6 Å². The minimum atomic E-state index is -3.75. The Kier molecular flexibility index (Phi) is 6.44. The molecule has 2 rings (SSSR count). The molecule has 26 heavy (non-hydrogen) atoms. The number of nitrogens with zero attached hydrogens (tertiary/aromatic N) is 1. The minimum absolute atomic E-state index is 0.0588. The monoisotopic (exact) mass is 394 g/mol. The first kappa shape index (κ1) is 20.4. The Balaban J connectivity index is 2.40. The summed E-state index contributed by atoms with van der Waals surface area (Å²) in [7, 11) is -3.75. The highest BCUT2D eigenvalue weighted by molar-refractivity contribution is 7.89. The SMILES string of the molecule is CCN(CC)S(=O)(=O)c1cc(C(=O)Nc2cc(C)ccc2C)ccc1Cl. The molecular formula is C19H23ClN2O3S. The number of aryl methyl sites for hydroxylation is 2. The van der Waals surface area contributed by atoms with Crippen molar-refractivity contribution >= 4 is 33.2 Å². The number of rotatable bonds is 6. The molecule has 5 nitrogen and oxygen atoms in total. The predicted octanol–water partition coefficient (Wildman–Crippen LogP) is 4.24. The van der Waals surface area contributed by atoms with Crippen molar-refractivity contribution in [2.45, 2.75) is 32.6 Å². The van der Waals surface area contributed by atoms with Crippen molar-refractivity contribution in [2.75, 3.05) is 18.4 Å². The zero-order valence-corrected chi connectivity index (χ0v) is 16.9. The molecule has 0 unspecified atom stereocenters. The summed E-state index contributed by atoms with van der Waals surface area (Å²) >= 11 is 6.11. The molecule has 0 spiro atoms. The molecule has 0 aliphatic rings. The third-order valence-electron chi connectivity index (χ3n) is 4.16. The van der Waals surface area contributed by atoms with Crippen LogP contribution in [0.25, 0.3) is 0 Å². The Morgan fingerprint density at radius 2 is 1.73 bits per heavy atom. The van der Waals surface area contributed by atoms with Crippen LogP contribution >= 0.6 is 11.6 Å². The fraction of sp³-hybridized carbons (Fsp3) is 0.316. The van der Waals surface area contributed by atoms with Crippen LogP contribution in [-0.4, -0.2) is 31.7 Å². The number of anilines is 1. The number of halogens is 1. The van der Waals surface area contributed by atoms with Gasteiger partial charge in [-0.2, -0.15) is 4.31 Å². The second-order valence-electron chi connectivity index (χ2n) is 6.01. The number of hydrogen-bond donors (Lipinski definition) is 1. The maximum Gasteiger partial charge on any atom is 0.255 e. The van der Waals surface area contributed by atoms with E-state index in [9.17, 15) is 13.2 Å². The van der Waals surface area contributed by atoms with Crippen LogP contribution in [0, 0.1) is 13.8 Å². The fourth-order valence-corrected chi connectivity index (χ4v) is 4.57. The number of amides is 1. The van der Waals surface area contributed by atoms with E-state index in [0.717, 1.165) is 11.1 Å². The summed E-state index contributed by atoms with van der Waals surface area (Å²) in [6.45, 7) is 8.00. The van der Waals surface area contributed by atoms with E-state index in [1.807, 2.05) is 32.0 Å². The van der Waals surface area contributed by atoms with E-state index in [2.05, 4.69) is 5.32 Å². The maximum absolute atomic E-state index is 12.8. The molecule has 0 aliphatic carbocycles. The second kappa shape index (κ2) is 8.20. The van der Waals surface area contributed by atoms with E-state index in [1.165, 1.54) is 22.5 Å². The fourth-order valence-electron chi connectivity index (χ4n) is 2.61. The summed E-state index contributed by atoms with van der Waals surface area (Å²) in [6.07, 6.45) is 0. The highest BCUT2D eigenvalue weighted by Gasteiger charge is 2.25. The minimum Gasteiger partial charge on any atom is -0.322 e. The summed E-state index contributed by atoms with van der Waals surface area (Å²) < 4.78 is 26.8. The zero-order chi connectivity index (χ0) is 19.5. The summed E-state index contributed by atoms with van der Waals surface area (Å²) in [5.74, 6) is -0.383. The van der Waals surface area contributed by atoms with Gasteiger partial charge < -0.3 is 5.32 Å². The highest BCUT2D eigenvalue weighted by Crippen LogP contribution is 2.26. The van der Waals surface area contributed by atoms with E-state index < -0.39 is 10.0 Å². The standard InChI is InChI=1S/C19H23ClN2O3S/c1-5-22(6-2)26(24,25)18-12-15(9-10-16(18)20)19(23)21-17-11-13(3)7-8-14(17)4/h7-12H,5-6H2,1-4H3,(H,21,23). The van der Waals surface area contributed by atoms with Crippen molar-refractivity contribution in [1.82, 2.24) is 4.31 Å². The van der Waals surface area contributed by atoms with E-state index in [0.29, 0.717) is 18.8 Å². The molecule has 0 aliphatic heterocycles. The van der Waals surface area contributed by atoms with Crippen LogP contribution in [0.1, 0.15) is 35.3 Å². The second-order valence-corrected chi connectivity index (χ2v) is 8.32. The average molecular weight is 395 g/mol. The number of benzene rings is 2. The Morgan fingerprint density at radius 1 is 1.08 bits per heavy atom. The van der Waals surface area contributed by atoms with Crippen LogP contribution in [0.5, 0.6) is 0 Å². The molecular weight excluding hydrogens is 372 g/mol. The first-order chi connectivity index (χ1) is 12.2. The largest absolute Gasteiger partial charge is 0.322 e. The van der Waals surface area contributed by atoms with Gasteiger partial charge in [0.05, 0.1) is 5.02 Å². The molecule has 0 fully saturated rings. The van der Waals surface area contributed by atoms with E-state index in [1.54, 1.807) is 13.8 Å². The third-order valence-corrected chi connectivity index (χ3v) is 6.69. The first-order valence-electron chi connectivity index (χ1n) is 8.39. The zero-order valence-electron chi connectivity index (χ0n) is 15.3. The van der Waals surface area contributed by atoms with Gasteiger partial charge in [0, 0.05) is 24.3 Å². The van der Waals surface area contributed by atoms with Gasteiger partial charge in [-0.25, -0.2) is 8.42 Å². The van der Waals surface area contributed by atoms with Crippen LogP contribution in [-0.2, 0) is 10.0 Å². The molecule has 0 radical (unpaired) electrons. The molecule has 0 aromatic heterocycles. The molecule has 0 heterocycles. The maximum atomic E-state index is 12.8. The molecule has 140 valence electrons. The van der Waals surface area contributed by atoms with Crippen molar-refractivity contribution in [2.24, 2.45) is 0 Å². The number of carbonyl (C=O) groups is 1. The topological polar surface area (TPSA) is 66.5 Å². The number of hydrogen-bond acceptors (Lipinski definition) is 3. The van der Waals surface area contributed by atoms with Gasteiger partial charge in [-0.1, -0.05) is 37.6 Å². The molecule has 1 amide bonds. The Labute approximate surface area is 160 Å². The predicted molar refractivity (Wildman–Crippen MR) is 105 cm³/mol. The van der Waals surface area contributed by atoms with Gasteiger partial charge in [0.25, 0.3) is 5.91 Å². The Hall–Kier alpha value is -1.89. The summed E-state index contributed by atoms with van der Waals surface area (Å²) in [4.78, 5) is 12.6. The number of sulfonamides is 1. The van der Waals surface area contributed by atoms with Crippen molar-refractivity contribution in [1.29, 1.82) is 0 Å². The lowest BCUT2D eigenvalue weighted by Gasteiger charge is -2.19. The molecule has 0 saturated heterocycles. The van der Waals surface area contributed by atoms with Crippen LogP contribution in [0.15, 0.2) is 41.3 Å². The van der Waals surface area contributed by atoms with E-state index >= 15 is 0 Å². The highest BCUT2D eigenvalue weighted by atomic mass is 35.5. The van der Waals surface area contributed by atoms with Crippen molar-refractivity contribution in [3.63, 3.8) is 0 Å². The van der Waals surface area contributed by atoms with Crippen molar-refractivity contribution in [3.8, 4) is 0 Å². The van der Waals surface area contributed by atoms with Gasteiger partial charge in [0.1, 0.15) is 4.90 Å². The van der Waals surface area contributed by atoms with Crippen LogP contribution in [0.3, 0.4) is 0 Å². The molecule has 0 saturated carbocycles. The number of carbonyl (C=O) groups excluding carboxylic acids is 1. The third kappa shape index (κ3) is 4.26. The van der Waals surface area contributed by atoms with E-state index in [-0.39, 0.29) is 21.4 Å². The lowest BCUT2D eigenvalue weighted by Crippen LogP contribution is -2.31. The quantitative estimate of drug-likeness (QED) is 0.796. The summed E-state index contributed by atoms with van der Waals surface area (Å²) in [5, 5.41) is 2.93. The molecule has 1 N–H and O–H groups in total. The van der Waals surface area contributed by atoms with Crippen molar-refractivity contribution in [3.05, 3.63) is 58.1 Å². The van der Waals surface area contributed by atoms with Gasteiger partial charge in [0.15, 0.2) is 0 Å². The number of nitrogens with one attached hydrogen (secondary N) is 1. The lowest BCUT2D eigenvalue weighted by molar-refractivity contribution is 0.102. The summed E-state index contributed by atoms with van der Waals surface area (Å²) in [6, 6.07) is 10.0. The molecule has 7 heteroatoms. The van der Waals surface area contributed by atoms with Gasteiger partial charge in [0.2, 0.25) is 10.0 Å². The van der Waals surface area contributed by atoms with Crippen LogP contribution in [0.2, 0.25) is 5.02 Å². The Morgan fingerprint density at radius 3 is 2.35 bits per heavy atom. The van der Waals surface area contributed by atoms with Gasteiger partial charge in [-0.15, -0.1) is 0 Å². The normalized spacial score (nSPS) is 11.6. The van der Waals surface area contributed by atoms with Crippen molar-refractivity contribution < 1.29 is 13.2 Å². The molecule has 2 aromatic carbocycles.